The van der Waals surface area contributed by atoms with Crippen molar-refractivity contribution in [2.75, 3.05) is 0 Å². The number of hydrogen-bond donors (Lipinski definition) is 0. The van der Waals surface area contributed by atoms with Gasteiger partial charge in [-0.3, -0.25) is 14.6 Å². The molecule has 0 amide bonds. The molecule has 118 valence electrons. The Labute approximate surface area is 134 Å². The number of esters is 1. The largest absolute Gasteiger partial charge is 0.460 e. The summed E-state index contributed by atoms with van der Waals surface area (Å²) in [5.41, 5.74) is 4.25. The number of nitrogens with zero attached hydrogens (tertiary/aromatic N) is 2. The molecule has 1 aromatic heterocycles. The van der Waals surface area contributed by atoms with E-state index in [9.17, 15) is 9.59 Å². The zero-order valence-electron chi connectivity index (χ0n) is 13.1. The Morgan fingerprint density at radius 3 is 2.96 bits per heavy atom. The van der Waals surface area contributed by atoms with Crippen LogP contribution in [0.15, 0.2) is 52.4 Å². The fourth-order valence-electron chi connectivity index (χ4n) is 2.86. The summed E-state index contributed by atoms with van der Waals surface area (Å²) in [6.07, 6.45) is 4.42. The van der Waals surface area contributed by atoms with Gasteiger partial charge < -0.3 is 9.30 Å². The van der Waals surface area contributed by atoms with Gasteiger partial charge in [0.25, 0.3) is 5.56 Å². The minimum absolute atomic E-state index is 0.0445. The first-order chi connectivity index (χ1) is 11.0. The molecule has 0 fully saturated rings. The number of ether oxygens (including phenoxy) is 1. The minimum Gasteiger partial charge on any atom is -0.460 e. The van der Waals surface area contributed by atoms with Crippen LogP contribution in [0.3, 0.4) is 0 Å². The Morgan fingerprint density at radius 1 is 1.48 bits per heavy atom. The molecule has 0 spiro atoms. The van der Waals surface area contributed by atoms with Crippen molar-refractivity contribution in [3.05, 3.63) is 69.8 Å². The maximum absolute atomic E-state index is 12.6. The third-order valence-electron chi connectivity index (χ3n) is 4.06. The van der Waals surface area contributed by atoms with Gasteiger partial charge in [0.2, 0.25) is 0 Å². The molecule has 0 bridgehead atoms. The van der Waals surface area contributed by atoms with Crippen LogP contribution < -0.4 is 5.56 Å². The molecule has 0 radical (unpaired) electrons. The second kappa shape index (κ2) is 5.83. The van der Waals surface area contributed by atoms with Crippen LogP contribution in [0.4, 0.5) is 0 Å². The number of allylic oxidation sites excluding steroid dienone is 4. The highest BCUT2D eigenvalue weighted by Crippen LogP contribution is 2.24. The van der Waals surface area contributed by atoms with Crippen LogP contribution in [0, 0.1) is 0 Å². The van der Waals surface area contributed by atoms with Gasteiger partial charge >= 0.3 is 5.97 Å². The van der Waals surface area contributed by atoms with Gasteiger partial charge in [-0.15, -0.1) is 0 Å². The molecule has 0 aromatic carbocycles. The van der Waals surface area contributed by atoms with Crippen molar-refractivity contribution in [2.24, 2.45) is 4.99 Å². The zero-order valence-corrected chi connectivity index (χ0v) is 13.1. The fraction of sp³-hybridized carbons (Fsp3) is 0.278. The summed E-state index contributed by atoms with van der Waals surface area (Å²) in [5, 5.41) is 0. The summed E-state index contributed by atoms with van der Waals surface area (Å²) in [5.74, 6) is -0.307. The molecule has 0 saturated carbocycles. The van der Waals surface area contributed by atoms with Gasteiger partial charge in [0.05, 0.1) is 29.9 Å². The maximum Gasteiger partial charge on any atom is 0.310 e. The molecule has 5 nitrogen and oxygen atoms in total. The zero-order chi connectivity index (χ0) is 16.6. The normalized spacial score (nSPS) is 18.7. The van der Waals surface area contributed by atoms with Crippen LogP contribution in [0.2, 0.25) is 0 Å². The second-order valence-corrected chi connectivity index (χ2v) is 5.57. The van der Waals surface area contributed by atoms with Gasteiger partial charge in [-0.05, 0) is 29.7 Å². The number of aliphatic imine (C=N–C) groups is 1. The molecule has 0 saturated heterocycles. The van der Waals surface area contributed by atoms with E-state index in [0.29, 0.717) is 17.8 Å². The molecule has 0 unspecified atom stereocenters. The molecular formula is C18H18N2O3. The van der Waals surface area contributed by atoms with Gasteiger partial charge in [-0.25, -0.2) is 0 Å². The summed E-state index contributed by atoms with van der Waals surface area (Å²) in [6, 6.07) is 1.87. The van der Waals surface area contributed by atoms with Crippen LogP contribution in [0.25, 0.3) is 0 Å². The maximum atomic E-state index is 12.6. The highest BCUT2D eigenvalue weighted by Gasteiger charge is 2.29. The molecule has 1 aromatic rings. The predicted molar refractivity (Wildman–Crippen MR) is 88.5 cm³/mol. The molecule has 3 rings (SSSR count). The molecule has 2 aliphatic heterocycles. The number of rotatable bonds is 3. The first kappa shape index (κ1) is 15.2. The Kier molecular flexibility index (Phi) is 3.86. The van der Waals surface area contributed by atoms with Crippen molar-refractivity contribution in [1.29, 1.82) is 0 Å². The lowest BCUT2D eigenvalue weighted by Crippen LogP contribution is -2.30. The van der Waals surface area contributed by atoms with E-state index in [2.05, 4.69) is 18.2 Å². The molecule has 2 aliphatic rings. The van der Waals surface area contributed by atoms with Crippen LogP contribution in [-0.2, 0) is 29.1 Å². The number of carbonyl (C=O) groups excluding carboxylic acids is 1. The smallest absolute Gasteiger partial charge is 0.310 e. The van der Waals surface area contributed by atoms with Crippen molar-refractivity contribution < 1.29 is 9.53 Å². The lowest BCUT2D eigenvalue weighted by atomic mass is 10.0. The van der Waals surface area contributed by atoms with E-state index in [-0.39, 0.29) is 24.6 Å². The Balaban J connectivity index is 2.17. The number of carbonyl (C=O) groups is 1. The average Bonchev–Trinajstić information content (AvgIpc) is 2.83. The second-order valence-electron chi connectivity index (χ2n) is 5.57. The van der Waals surface area contributed by atoms with Gasteiger partial charge in [-0.1, -0.05) is 26.2 Å². The minimum atomic E-state index is -0.307. The predicted octanol–water partition coefficient (Wildman–Crippen LogP) is 2.29. The van der Waals surface area contributed by atoms with Crippen molar-refractivity contribution in [3.8, 4) is 0 Å². The van der Waals surface area contributed by atoms with Crippen LogP contribution in [0.1, 0.15) is 30.2 Å². The first-order valence-corrected chi connectivity index (χ1v) is 7.55. The SMILES string of the molecule is C=C/C=C(\CC)N=C1C(=C)Cn2c1cc1c(c2=O)COC(=O)C1. The summed E-state index contributed by atoms with van der Waals surface area (Å²) < 4.78 is 6.64. The highest BCUT2D eigenvalue weighted by atomic mass is 16.5. The van der Waals surface area contributed by atoms with Crippen molar-refractivity contribution in [1.82, 2.24) is 4.57 Å². The lowest BCUT2D eigenvalue weighted by molar-refractivity contribution is -0.145. The number of hydrogen-bond acceptors (Lipinski definition) is 4. The molecule has 3 heterocycles. The van der Waals surface area contributed by atoms with Crippen molar-refractivity contribution in [2.45, 2.75) is 32.9 Å². The molecular weight excluding hydrogens is 292 g/mol. The van der Waals surface area contributed by atoms with Crippen molar-refractivity contribution >= 4 is 11.7 Å². The van der Waals surface area contributed by atoms with E-state index in [0.717, 1.165) is 28.9 Å². The van der Waals surface area contributed by atoms with Crippen LogP contribution >= 0.6 is 0 Å². The number of aromatic nitrogens is 1. The highest BCUT2D eigenvalue weighted by molar-refractivity contribution is 6.13. The fourth-order valence-corrected chi connectivity index (χ4v) is 2.86. The third kappa shape index (κ3) is 2.59. The summed E-state index contributed by atoms with van der Waals surface area (Å²) in [7, 11) is 0. The third-order valence-corrected chi connectivity index (χ3v) is 4.06. The van der Waals surface area contributed by atoms with Gasteiger partial charge in [0.15, 0.2) is 0 Å². The Bertz CT molecular complexity index is 841. The molecule has 5 heteroatoms. The van der Waals surface area contributed by atoms with E-state index in [1.807, 2.05) is 19.1 Å². The van der Waals surface area contributed by atoms with E-state index >= 15 is 0 Å². The molecule has 0 atom stereocenters. The lowest BCUT2D eigenvalue weighted by Gasteiger charge is -2.17. The molecule has 0 N–H and O–H groups in total. The number of fused-ring (bicyclic) bond motifs is 2. The number of cyclic esters (lactones) is 1. The van der Waals surface area contributed by atoms with Gasteiger partial charge in [-0.2, -0.15) is 0 Å². The first-order valence-electron chi connectivity index (χ1n) is 7.55. The number of pyridine rings is 1. The quantitative estimate of drug-likeness (QED) is 0.635. The van der Waals surface area contributed by atoms with Crippen LogP contribution in [-0.4, -0.2) is 16.2 Å². The average molecular weight is 310 g/mol. The summed E-state index contributed by atoms with van der Waals surface area (Å²) in [4.78, 5) is 28.8. The van der Waals surface area contributed by atoms with Crippen molar-refractivity contribution in [3.63, 3.8) is 0 Å². The monoisotopic (exact) mass is 310 g/mol. The Hall–Kier alpha value is -2.69. The van der Waals surface area contributed by atoms with E-state index < -0.39 is 0 Å². The molecule has 0 aliphatic carbocycles. The van der Waals surface area contributed by atoms with Gasteiger partial charge in [0.1, 0.15) is 6.61 Å². The van der Waals surface area contributed by atoms with E-state index in [1.165, 1.54) is 0 Å². The molecule has 23 heavy (non-hydrogen) atoms. The topological polar surface area (TPSA) is 60.7 Å². The standard InChI is InChI=1S/C18H18N2O3/c1-4-6-13(5-2)19-17-11(3)9-20-15(17)7-12-8-16(21)23-10-14(12)18(20)22/h4,6-7H,1,3,5,8-10H2,2H3/b13-6+,19-17?. The van der Waals surface area contributed by atoms with Gasteiger partial charge in [0, 0.05) is 5.70 Å². The van der Waals surface area contributed by atoms with Crippen LogP contribution in [0.5, 0.6) is 0 Å². The summed E-state index contributed by atoms with van der Waals surface area (Å²) >= 11 is 0. The van der Waals surface area contributed by atoms with E-state index in [1.54, 1.807) is 10.6 Å². The Morgan fingerprint density at radius 2 is 2.26 bits per heavy atom. The van der Waals surface area contributed by atoms with E-state index in [4.69, 9.17) is 4.74 Å². The summed E-state index contributed by atoms with van der Waals surface area (Å²) in [6.45, 7) is 10.2.